The second-order valence-electron chi connectivity index (χ2n) is 6.70. The first-order valence-electron chi connectivity index (χ1n) is 9.11. The van der Waals surface area contributed by atoms with Gasteiger partial charge in [0.25, 0.3) is 10.0 Å². The van der Waals surface area contributed by atoms with Gasteiger partial charge >= 0.3 is 0 Å². The lowest BCUT2D eigenvalue weighted by Crippen LogP contribution is -2.11. The molecule has 0 bridgehead atoms. The van der Waals surface area contributed by atoms with Crippen molar-refractivity contribution in [2.24, 2.45) is 0 Å². The highest BCUT2D eigenvalue weighted by Gasteiger charge is 2.22. The summed E-state index contributed by atoms with van der Waals surface area (Å²) in [6, 6.07) is 15.9. The highest BCUT2D eigenvalue weighted by atomic mass is 32.2. The minimum absolute atomic E-state index is 0.128. The summed E-state index contributed by atoms with van der Waals surface area (Å²) in [6.07, 6.45) is 8.29. The van der Waals surface area contributed by atoms with Gasteiger partial charge in [-0.3, -0.25) is 4.98 Å². The van der Waals surface area contributed by atoms with Crippen LogP contribution < -0.4 is 0 Å². The van der Waals surface area contributed by atoms with Gasteiger partial charge in [-0.25, -0.2) is 21.5 Å². The summed E-state index contributed by atoms with van der Waals surface area (Å²) in [6.45, 7) is 0. The van der Waals surface area contributed by atoms with Gasteiger partial charge in [0.05, 0.1) is 28.5 Å². The van der Waals surface area contributed by atoms with E-state index in [4.69, 9.17) is 0 Å². The lowest BCUT2D eigenvalue weighted by molar-refractivity contribution is 0.589. The Morgan fingerprint density at radius 2 is 1.73 bits per heavy atom. The molecular formula is C22H15FN4O2S. The maximum Gasteiger partial charge on any atom is 0.268 e. The third-order valence-electron chi connectivity index (χ3n) is 4.84. The molecule has 0 spiro atoms. The summed E-state index contributed by atoms with van der Waals surface area (Å²) in [7, 11) is -3.90. The molecule has 0 unspecified atom stereocenters. The molecule has 3 heterocycles. The highest BCUT2D eigenvalue weighted by molar-refractivity contribution is 7.90. The molecule has 0 N–H and O–H groups in total. The zero-order valence-electron chi connectivity index (χ0n) is 15.6. The molecule has 6 nitrogen and oxygen atoms in total. The summed E-state index contributed by atoms with van der Waals surface area (Å²) in [4.78, 5) is 4.22. The van der Waals surface area contributed by atoms with Gasteiger partial charge in [0.2, 0.25) is 0 Å². The van der Waals surface area contributed by atoms with Crippen molar-refractivity contribution in [1.29, 1.82) is 0 Å². The number of halogens is 1. The zero-order valence-corrected chi connectivity index (χ0v) is 16.4. The summed E-state index contributed by atoms with van der Waals surface area (Å²) >= 11 is 0. The predicted molar refractivity (Wildman–Crippen MR) is 111 cm³/mol. The number of rotatable bonds is 4. The van der Waals surface area contributed by atoms with E-state index >= 15 is 0 Å². The lowest BCUT2D eigenvalue weighted by Gasteiger charge is -2.07. The standard InChI is InChI=1S/C22H15FN4O2S/c23-17-8-9-20-21(16-12-25-26(14-16)18-5-4-10-24-13-18)15-27(22(20)11-17)30(28,29)19-6-2-1-3-7-19/h1-15H. The Hall–Kier alpha value is -3.78. The number of hydrogen-bond donors (Lipinski definition) is 0. The number of fused-ring (bicyclic) bond motifs is 1. The van der Waals surface area contributed by atoms with Crippen molar-refractivity contribution in [2.75, 3.05) is 0 Å². The Bertz CT molecular complexity index is 1460. The van der Waals surface area contributed by atoms with Crippen molar-refractivity contribution in [2.45, 2.75) is 4.90 Å². The van der Waals surface area contributed by atoms with Crippen LogP contribution in [0.25, 0.3) is 27.7 Å². The number of benzene rings is 2. The molecule has 30 heavy (non-hydrogen) atoms. The minimum Gasteiger partial charge on any atom is -0.262 e. The maximum atomic E-state index is 14.0. The van der Waals surface area contributed by atoms with E-state index in [1.807, 2.05) is 6.07 Å². The Labute approximate surface area is 171 Å². The normalized spacial score (nSPS) is 11.8. The summed E-state index contributed by atoms with van der Waals surface area (Å²) in [5.74, 6) is -0.511. The first kappa shape index (κ1) is 18.3. The molecular weight excluding hydrogens is 403 g/mol. The molecule has 0 fully saturated rings. The van der Waals surface area contributed by atoms with Crippen molar-refractivity contribution < 1.29 is 12.8 Å². The van der Waals surface area contributed by atoms with E-state index in [9.17, 15) is 12.8 Å². The van der Waals surface area contributed by atoms with E-state index in [-0.39, 0.29) is 10.4 Å². The van der Waals surface area contributed by atoms with Gasteiger partial charge in [-0.05, 0) is 42.5 Å². The molecule has 5 rings (SSSR count). The van der Waals surface area contributed by atoms with Gasteiger partial charge < -0.3 is 0 Å². The van der Waals surface area contributed by atoms with Crippen LogP contribution in [0.3, 0.4) is 0 Å². The monoisotopic (exact) mass is 418 g/mol. The Kier molecular flexibility index (Phi) is 4.22. The fraction of sp³-hybridized carbons (Fsp3) is 0. The van der Waals surface area contributed by atoms with E-state index < -0.39 is 15.8 Å². The van der Waals surface area contributed by atoms with Crippen molar-refractivity contribution in [3.05, 3.63) is 97.5 Å². The van der Waals surface area contributed by atoms with E-state index in [1.165, 1.54) is 30.5 Å². The molecule has 0 atom stereocenters. The molecule has 0 amide bonds. The molecule has 2 aromatic carbocycles. The molecule has 5 aromatic rings. The van der Waals surface area contributed by atoms with E-state index in [2.05, 4.69) is 10.1 Å². The minimum atomic E-state index is -3.90. The van der Waals surface area contributed by atoms with Crippen molar-refractivity contribution in [3.63, 3.8) is 0 Å². The molecule has 0 aliphatic carbocycles. The smallest absolute Gasteiger partial charge is 0.262 e. The van der Waals surface area contributed by atoms with Gasteiger partial charge in [-0.15, -0.1) is 0 Å². The van der Waals surface area contributed by atoms with Crippen LogP contribution in [0.1, 0.15) is 0 Å². The van der Waals surface area contributed by atoms with Gasteiger partial charge in [-0.1, -0.05) is 18.2 Å². The number of nitrogens with zero attached hydrogens (tertiary/aromatic N) is 4. The average molecular weight is 418 g/mol. The number of pyridine rings is 1. The third kappa shape index (κ3) is 2.98. The van der Waals surface area contributed by atoms with Crippen LogP contribution in [-0.2, 0) is 10.0 Å². The van der Waals surface area contributed by atoms with Crippen LogP contribution >= 0.6 is 0 Å². The summed E-state index contributed by atoms with van der Waals surface area (Å²) in [5.41, 5.74) is 2.38. The Morgan fingerprint density at radius 3 is 2.50 bits per heavy atom. The first-order valence-corrected chi connectivity index (χ1v) is 10.5. The van der Waals surface area contributed by atoms with Crippen LogP contribution in [0, 0.1) is 5.82 Å². The Morgan fingerprint density at radius 1 is 0.900 bits per heavy atom. The van der Waals surface area contributed by atoms with Crippen LogP contribution in [-0.4, -0.2) is 27.2 Å². The van der Waals surface area contributed by atoms with Gasteiger partial charge in [0, 0.05) is 35.1 Å². The molecule has 0 aliphatic heterocycles. The fourth-order valence-corrected chi connectivity index (χ4v) is 4.78. The van der Waals surface area contributed by atoms with Gasteiger partial charge in [0.1, 0.15) is 5.82 Å². The van der Waals surface area contributed by atoms with Crippen LogP contribution in [0.4, 0.5) is 4.39 Å². The van der Waals surface area contributed by atoms with Gasteiger partial charge in [0.15, 0.2) is 0 Å². The predicted octanol–water partition coefficient (Wildman–Crippen LogP) is 4.27. The molecule has 0 radical (unpaired) electrons. The SMILES string of the molecule is O=S(=O)(c1ccccc1)n1cc(-c2cnn(-c3cccnc3)c2)c2ccc(F)cc21. The largest absolute Gasteiger partial charge is 0.268 e. The molecule has 3 aromatic heterocycles. The summed E-state index contributed by atoms with van der Waals surface area (Å²) in [5, 5.41) is 4.97. The topological polar surface area (TPSA) is 69.8 Å². The molecule has 148 valence electrons. The lowest BCUT2D eigenvalue weighted by atomic mass is 10.1. The van der Waals surface area contributed by atoms with E-state index in [0.717, 1.165) is 9.66 Å². The maximum absolute atomic E-state index is 14.0. The van der Waals surface area contributed by atoms with Crippen molar-refractivity contribution in [1.82, 2.24) is 18.7 Å². The van der Waals surface area contributed by atoms with Crippen LogP contribution in [0.2, 0.25) is 0 Å². The number of hydrogen-bond acceptors (Lipinski definition) is 4. The number of aromatic nitrogens is 4. The van der Waals surface area contributed by atoms with Crippen LogP contribution in [0.5, 0.6) is 0 Å². The molecule has 8 heteroatoms. The first-order chi connectivity index (χ1) is 14.5. The van der Waals surface area contributed by atoms with Crippen molar-refractivity contribution in [3.8, 4) is 16.8 Å². The average Bonchev–Trinajstić information content (AvgIpc) is 3.40. The molecule has 0 aliphatic rings. The van der Waals surface area contributed by atoms with Crippen molar-refractivity contribution >= 4 is 20.9 Å². The summed E-state index contributed by atoms with van der Waals surface area (Å²) < 4.78 is 43.3. The molecule has 0 saturated heterocycles. The Balaban J connectivity index is 1.71. The fourth-order valence-electron chi connectivity index (χ4n) is 3.40. The third-order valence-corrected chi connectivity index (χ3v) is 6.53. The highest BCUT2D eigenvalue weighted by Crippen LogP contribution is 2.33. The second-order valence-corrected chi connectivity index (χ2v) is 8.52. The zero-order chi connectivity index (χ0) is 20.7. The quantitative estimate of drug-likeness (QED) is 0.437. The van der Waals surface area contributed by atoms with Crippen LogP contribution in [0.15, 0.2) is 96.5 Å². The van der Waals surface area contributed by atoms with E-state index in [0.29, 0.717) is 16.5 Å². The van der Waals surface area contributed by atoms with Gasteiger partial charge in [-0.2, -0.15) is 5.10 Å². The van der Waals surface area contributed by atoms with E-state index in [1.54, 1.807) is 59.8 Å². The molecule has 0 saturated carbocycles. The second kappa shape index (κ2) is 6.93.